The van der Waals surface area contributed by atoms with E-state index in [9.17, 15) is 0 Å². The Morgan fingerprint density at radius 1 is 1.53 bits per heavy atom. The van der Waals surface area contributed by atoms with E-state index in [1.807, 2.05) is 12.3 Å². The number of aryl methyl sites for hydroxylation is 1. The first-order valence-corrected chi connectivity index (χ1v) is 5.20. The van der Waals surface area contributed by atoms with Gasteiger partial charge in [0, 0.05) is 11.1 Å². The van der Waals surface area contributed by atoms with Crippen LogP contribution in [0.25, 0.3) is 0 Å². The molecule has 0 fully saturated rings. The standard InChI is InChI=1S/C8H10N4O2S/c1-5-4-15-8(10-5)2-6-11-7(3-13-9)14-12-6/h4H,2-3,9H2,1H3. The molecular weight excluding hydrogens is 216 g/mol. The highest BCUT2D eigenvalue weighted by Crippen LogP contribution is 2.12. The molecule has 0 saturated carbocycles. The van der Waals surface area contributed by atoms with Crippen LogP contribution in [-0.4, -0.2) is 15.1 Å². The fourth-order valence-electron chi connectivity index (χ4n) is 1.11. The van der Waals surface area contributed by atoms with Gasteiger partial charge in [-0.25, -0.2) is 10.9 Å². The van der Waals surface area contributed by atoms with Crippen LogP contribution >= 0.6 is 11.3 Å². The second kappa shape index (κ2) is 4.47. The summed E-state index contributed by atoms with van der Waals surface area (Å²) in [6, 6.07) is 0. The molecule has 7 heteroatoms. The zero-order valence-electron chi connectivity index (χ0n) is 8.14. The topological polar surface area (TPSA) is 87.1 Å². The maximum absolute atomic E-state index is 4.89. The molecule has 0 spiro atoms. The lowest BCUT2D eigenvalue weighted by atomic mass is 10.4. The minimum atomic E-state index is 0.129. The molecule has 2 rings (SSSR count). The Labute approximate surface area is 90.0 Å². The van der Waals surface area contributed by atoms with Crippen molar-refractivity contribution < 1.29 is 9.36 Å². The van der Waals surface area contributed by atoms with Crippen molar-refractivity contribution in [1.29, 1.82) is 0 Å². The van der Waals surface area contributed by atoms with Crippen LogP contribution in [0.1, 0.15) is 22.4 Å². The zero-order chi connectivity index (χ0) is 10.7. The van der Waals surface area contributed by atoms with E-state index in [1.54, 1.807) is 11.3 Å². The van der Waals surface area contributed by atoms with E-state index in [0.717, 1.165) is 10.7 Å². The van der Waals surface area contributed by atoms with Gasteiger partial charge < -0.3 is 4.52 Å². The van der Waals surface area contributed by atoms with E-state index in [4.69, 9.17) is 10.4 Å². The summed E-state index contributed by atoms with van der Waals surface area (Å²) in [5, 5.41) is 6.74. The molecule has 0 bridgehead atoms. The minimum absolute atomic E-state index is 0.129. The Morgan fingerprint density at radius 3 is 3.07 bits per heavy atom. The van der Waals surface area contributed by atoms with Crippen molar-refractivity contribution in [2.45, 2.75) is 20.0 Å². The molecule has 0 aliphatic rings. The Kier molecular flexibility index (Phi) is 3.05. The first-order chi connectivity index (χ1) is 7.28. The summed E-state index contributed by atoms with van der Waals surface area (Å²) in [5.74, 6) is 5.86. The fourth-order valence-corrected chi connectivity index (χ4v) is 1.88. The molecular formula is C8H10N4O2S. The van der Waals surface area contributed by atoms with Gasteiger partial charge in [0.25, 0.3) is 5.89 Å². The van der Waals surface area contributed by atoms with Crippen molar-refractivity contribution in [1.82, 2.24) is 15.1 Å². The van der Waals surface area contributed by atoms with Crippen LogP contribution in [0.15, 0.2) is 9.90 Å². The number of nitrogens with zero attached hydrogens (tertiary/aromatic N) is 3. The van der Waals surface area contributed by atoms with Gasteiger partial charge in [-0.1, -0.05) is 5.16 Å². The molecule has 80 valence electrons. The van der Waals surface area contributed by atoms with E-state index in [0.29, 0.717) is 18.1 Å². The van der Waals surface area contributed by atoms with Crippen LogP contribution in [0.2, 0.25) is 0 Å². The molecule has 2 N–H and O–H groups in total. The van der Waals surface area contributed by atoms with Crippen molar-refractivity contribution in [3.8, 4) is 0 Å². The Bertz CT molecular complexity index is 439. The van der Waals surface area contributed by atoms with Gasteiger partial charge in [0.1, 0.15) is 11.6 Å². The van der Waals surface area contributed by atoms with Gasteiger partial charge in [0.15, 0.2) is 5.82 Å². The van der Waals surface area contributed by atoms with Crippen molar-refractivity contribution >= 4 is 11.3 Å². The van der Waals surface area contributed by atoms with Crippen LogP contribution in [0, 0.1) is 6.92 Å². The minimum Gasteiger partial charge on any atom is -0.337 e. The lowest BCUT2D eigenvalue weighted by Gasteiger charge is -1.87. The molecule has 0 unspecified atom stereocenters. The van der Waals surface area contributed by atoms with Crippen molar-refractivity contribution in [3.63, 3.8) is 0 Å². The molecule has 2 aromatic heterocycles. The fraction of sp³-hybridized carbons (Fsp3) is 0.375. The van der Waals surface area contributed by atoms with Gasteiger partial charge in [-0.3, -0.25) is 4.84 Å². The molecule has 0 amide bonds. The SMILES string of the molecule is Cc1csc(Cc2noc(CON)n2)n1. The number of thiazole rings is 1. The lowest BCUT2D eigenvalue weighted by molar-refractivity contribution is 0.0995. The molecule has 15 heavy (non-hydrogen) atoms. The predicted molar refractivity (Wildman–Crippen MR) is 52.9 cm³/mol. The summed E-state index contributed by atoms with van der Waals surface area (Å²) in [6.45, 7) is 2.08. The van der Waals surface area contributed by atoms with Gasteiger partial charge in [0.05, 0.1) is 6.42 Å². The average molecular weight is 226 g/mol. The highest BCUT2D eigenvalue weighted by molar-refractivity contribution is 7.09. The van der Waals surface area contributed by atoms with Gasteiger partial charge >= 0.3 is 0 Å². The summed E-state index contributed by atoms with van der Waals surface area (Å²) >= 11 is 1.58. The van der Waals surface area contributed by atoms with Gasteiger partial charge in [-0.2, -0.15) is 4.98 Å². The normalized spacial score (nSPS) is 10.8. The van der Waals surface area contributed by atoms with Gasteiger partial charge in [0.2, 0.25) is 0 Å². The number of hydrogen-bond donors (Lipinski definition) is 1. The third-order valence-electron chi connectivity index (χ3n) is 1.69. The summed E-state index contributed by atoms with van der Waals surface area (Å²) < 4.78 is 4.89. The molecule has 0 aromatic carbocycles. The monoisotopic (exact) mass is 226 g/mol. The van der Waals surface area contributed by atoms with E-state index < -0.39 is 0 Å². The Hall–Kier alpha value is -1.31. The molecule has 0 aliphatic carbocycles. The summed E-state index contributed by atoms with van der Waals surface area (Å²) in [7, 11) is 0. The van der Waals surface area contributed by atoms with Gasteiger partial charge in [-0.05, 0) is 6.92 Å². The third kappa shape index (κ3) is 2.58. The van der Waals surface area contributed by atoms with Crippen molar-refractivity contribution in [3.05, 3.63) is 27.8 Å². The number of nitrogens with two attached hydrogens (primary N) is 1. The largest absolute Gasteiger partial charge is 0.337 e. The van der Waals surface area contributed by atoms with Crippen molar-refractivity contribution in [2.24, 2.45) is 5.90 Å². The average Bonchev–Trinajstić information content (AvgIpc) is 2.78. The Morgan fingerprint density at radius 2 is 2.40 bits per heavy atom. The summed E-state index contributed by atoms with van der Waals surface area (Å²) in [4.78, 5) is 12.8. The molecule has 6 nitrogen and oxygen atoms in total. The predicted octanol–water partition coefficient (Wildman–Crippen LogP) is 0.816. The zero-order valence-corrected chi connectivity index (χ0v) is 8.95. The molecule has 2 aromatic rings. The van der Waals surface area contributed by atoms with Crippen LogP contribution in [0.4, 0.5) is 0 Å². The molecule has 2 heterocycles. The number of aromatic nitrogens is 3. The van der Waals surface area contributed by atoms with Crippen LogP contribution in [0.3, 0.4) is 0 Å². The Balaban J connectivity index is 2.04. The summed E-state index contributed by atoms with van der Waals surface area (Å²) in [5.41, 5.74) is 1.00. The van der Waals surface area contributed by atoms with Crippen molar-refractivity contribution in [2.75, 3.05) is 0 Å². The van der Waals surface area contributed by atoms with Gasteiger partial charge in [-0.15, -0.1) is 11.3 Å². The van der Waals surface area contributed by atoms with E-state index in [2.05, 4.69) is 20.0 Å². The maximum atomic E-state index is 4.89. The molecule has 0 atom stereocenters. The quantitative estimate of drug-likeness (QED) is 0.776. The third-order valence-corrected chi connectivity index (χ3v) is 2.66. The molecule has 0 radical (unpaired) electrons. The first-order valence-electron chi connectivity index (χ1n) is 4.32. The number of hydrogen-bond acceptors (Lipinski definition) is 7. The number of rotatable bonds is 4. The second-order valence-electron chi connectivity index (χ2n) is 2.97. The maximum Gasteiger partial charge on any atom is 0.254 e. The summed E-state index contributed by atoms with van der Waals surface area (Å²) in [6.07, 6.45) is 0.576. The van der Waals surface area contributed by atoms with E-state index in [1.165, 1.54) is 0 Å². The van der Waals surface area contributed by atoms with Crippen LogP contribution in [0.5, 0.6) is 0 Å². The first kappa shape index (κ1) is 10.2. The van der Waals surface area contributed by atoms with E-state index in [-0.39, 0.29) is 6.61 Å². The second-order valence-corrected chi connectivity index (χ2v) is 3.92. The smallest absolute Gasteiger partial charge is 0.254 e. The molecule has 0 saturated heterocycles. The molecule has 0 aliphatic heterocycles. The lowest BCUT2D eigenvalue weighted by Crippen LogP contribution is -1.99. The van der Waals surface area contributed by atoms with Crippen LogP contribution < -0.4 is 5.90 Å². The highest BCUT2D eigenvalue weighted by atomic mass is 32.1. The highest BCUT2D eigenvalue weighted by Gasteiger charge is 2.08. The van der Waals surface area contributed by atoms with Crippen LogP contribution in [-0.2, 0) is 17.9 Å². The van der Waals surface area contributed by atoms with E-state index >= 15 is 0 Å².